The number of aliphatic carboxylic acids is 1. The van der Waals surface area contributed by atoms with E-state index in [1.807, 2.05) is 30.3 Å². The standard InChI is InChI=1S/C11H12ClNO2.C11H21N5O3/c12-7-10(14)11(15)9(13)6-8-4-2-1-3-5-8;12-11(13)15-6-2-4-8(10(18)19)16-9(17)7-3-1-5-14-7/h1-5,9H,6-7,13H2;7-8,14H,1-6H2,(H,16,17)(H,18,19)(H4,12,13,15)/t9-;7-,8-/m10/s1. The van der Waals surface area contributed by atoms with Crippen LogP contribution >= 0.6 is 11.6 Å². The van der Waals surface area contributed by atoms with E-state index >= 15 is 0 Å². The molecule has 0 saturated carbocycles. The Bertz CT molecular complexity index is 832. The fourth-order valence-corrected chi connectivity index (χ4v) is 3.33. The molecule has 0 bridgehead atoms. The number of carbonyl (C=O) groups excluding carboxylic acids is 3. The first-order chi connectivity index (χ1) is 16.1. The van der Waals surface area contributed by atoms with Crippen LogP contribution in [0.15, 0.2) is 30.3 Å². The number of benzene rings is 1. The van der Waals surface area contributed by atoms with Crippen molar-refractivity contribution in [2.75, 3.05) is 19.0 Å². The molecule has 1 fully saturated rings. The Hall–Kier alpha value is -3.02. The smallest absolute Gasteiger partial charge is 0.326 e. The molecule has 188 valence electrons. The summed E-state index contributed by atoms with van der Waals surface area (Å²) in [6, 6.07) is 7.34. The lowest BCUT2D eigenvalue weighted by Crippen LogP contribution is -2.48. The maximum Gasteiger partial charge on any atom is 0.326 e. The number of carbonyl (C=O) groups is 4. The number of guanidine groups is 1. The second kappa shape index (κ2) is 15.8. The normalized spacial score (nSPS) is 16.4. The maximum absolute atomic E-state index is 11.8. The molecule has 1 aliphatic rings. The van der Waals surface area contributed by atoms with Crippen LogP contribution in [0.25, 0.3) is 0 Å². The van der Waals surface area contributed by atoms with Crippen LogP contribution in [0.5, 0.6) is 0 Å². The Morgan fingerprint density at radius 1 is 1.24 bits per heavy atom. The van der Waals surface area contributed by atoms with Crippen LogP contribution < -0.4 is 27.4 Å². The molecule has 1 aromatic rings. The Morgan fingerprint density at radius 3 is 2.44 bits per heavy atom. The number of hydrogen-bond donors (Lipinski definition) is 7. The van der Waals surface area contributed by atoms with E-state index in [-0.39, 0.29) is 23.8 Å². The highest BCUT2D eigenvalue weighted by Crippen LogP contribution is 2.06. The van der Waals surface area contributed by atoms with Crippen LogP contribution in [0.1, 0.15) is 31.2 Å². The fraction of sp³-hybridized carbons (Fsp3) is 0.500. The second-order valence-corrected chi connectivity index (χ2v) is 8.02. The SMILES string of the molecule is N=C(N)NCCC[C@H](NC(=O)[C@@H]1CCCN1)C(=O)O.N[C@H](Cc1ccccc1)C(=O)C(=O)CCl. The van der Waals surface area contributed by atoms with E-state index in [2.05, 4.69) is 16.0 Å². The number of rotatable bonds is 12. The van der Waals surface area contributed by atoms with Crippen molar-refractivity contribution in [3.63, 3.8) is 0 Å². The Labute approximate surface area is 203 Å². The average Bonchev–Trinajstić information content (AvgIpc) is 3.36. The van der Waals surface area contributed by atoms with E-state index in [0.29, 0.717) is 25.8 Å². The number of nitrogens with two attached hydrogens (primary N) is 2. The molecular weight excluding hydrogens is 464 g/mol. The van der Waals surface area contributed by atoms with Crippen LogP contribution in [0, 0.1) is 5.41 Å². The highest BCUT2D eigenvalue weighted by atomic mass is 35.5. The van der Waals surface area contributed by atoms with Crippen molar-refractivity contribution in [1.29, 1.82) is 5.41 Å². The molecular formula is C22H33ClN6O5. The summed E-state index contributed by atoms with van der Waals surface area (Å²) in [5.74, 6) is -2.99. The minimum absolute atomic E-state index is 0.147. The van der Waals surface area contributed by atoms with Gasteiger partial charge >= 0.3 is 5.97 Å². The highest BCUT2D eigenvalue weighted by molar-refractivity contribution is 6.48. The third kappa shape index (κ3) is 11.2. The third-order valence-corrected chi connectivity index (χ3v) is 5.25. The zero-order valence-electron chi connectivity index (χ0n) is 18.9. The summed E-state index contributed by atoms with van der Waals surface area (Å²) in [5, 5.41) is 24.2. The lowest BCUT2D eigenvalue weighted by molar-refractivity contribution is -0.142. The molecule has 34 heavy (non-hydrogen) atoms. The molecule has 1 aliphatic heterocycles. The molecule has 11 nitrogen and oxygen atoms in total. The van der Waals surface area contributed by atoms with Gasteiger partial charge in [-0.15, -0.1) is 11.6 Å². The van der Waals surface area contributed by atoms with Crippen molar-refractivity contribution in [2.24, 2.45) is 11.5 Å². The van der Waals surface area contributed by atoms with Crippen molar-refractivity contribution in [1.82, 2.24) is 16.0 Å². The third-order valence-electron chi connectivity index (χ3n) is 5.01. The molecule has 1 aromatic carbocycles. The van der Waals surface area contributed by atoms with E-state index in [1.54, 1.807) is 0 Å². The highest BCUT2D eigenvalue weighted by Gasteiger charge is 2.26. The van der Waals surface area contributed by atoms with Gasteiger partial charge in [0.05, 0.1) is 18.0 Å². The van der Waals surface area contributed by atoms with Crippen molar-refractivity contribution in [2.45, 2.75) is 50.2 Å². The molecule has 0 aliphatic carbocycles. The van der Waals surface area contributed by atoms with Gasteiger partial charge in [-0.2, -0.15) is 0 Å². The lowest BCUT2D eigenvalue weighted by atomic mass is 10.0. The molecule has 1 saturated heterocycles. The molecule has 0 aromatic heterocycles. The van der Waals surface area contributed by atoms with Crippen LogP contribution in [-0.2, 0) is 25.6 Å². The van der Waals surface area contributed by atoms with Gasteiger partial charge in [-0.3, -0.25) is 19.8 Å². The first-order valence-electron chi connectivity index (χ1n) is 10.9. The van der Waals surface area contributed by atoms with Crippen molar-refractivity contribution < 1.29 is 24.3 Å². The minimum Gasteiger partial charge on any atom is -0.480 e. The summed E-state index contributed by atoms with van der Waals surface area (Å²) < 4.78 is 0. The first kappa shape index (κ1) is 29.0. The van der Waals surface area contributed by atoms with E-state index in [0.717, 1.165) is 24.9 Å². The summed E-state index contributed by atoms with van der Waals surface area (Å²) in [6.07, 6.45) is 2.84. The molecule has 1 amide bonds. The molecule has 12 heteroatoms. The molecule has 2 rings (SSSR count). The number of Topliss-reactive ketones (excluding diaryl/α,β-unsaturated/α-hetero) is 2. The summed E-state index contributed by atoms with van der Waals surface area (Å²) in [7, 11) is 0. The van der Waals surface area contributed by atoms with Crippen molar-refractivity contribution >= 4 is 41.0 Å². The fourth-order valence-electron chi connectivity index (χ4n) is 3.20. The van der Waals surface area contributed by atoms with Crippen LogP contribution in [0.2, 0.25) is 0 Å². The number of alkyl halides is 1. The largest absolute Gasteiger partial charge is 0.480 e. The molecule has 3 atom stereocenters. The maximum atomic E-state index is 11.8. The van der Waals surface area contributed by atoms with Gasteiger partial charge in [0.1, 0.15) is 6.04 Å². The van der Waals surface area contributed by atoms with Gasteiger partial charge in [0.25, 0.3) is 0 Å². The summed E-state index contributed by atoms with van der Waals surface area (Å²) >= 11 is 5.27. The van der Waals surface area contributed by atoms with Gasteiger partial charge in [0.15, 0.2) is 5.96 Å². The zero-order chi connectivity index (χ0) is 25.5. The number of ketones is 2. The van der Waals surface area contributed by atoms with Gasteiger partial charge in [0, 0.05) is 6.54 Å². The van der Waals surface area contributed by atoms with Gasteiger partial charge in [-0.1, -0.05) is 30.3 Å². The van der Waals surface area contributed by atoms with E-state index in [4.69, 9.17) is 33.6 Å². The molecule has 1 heterocycles. The van der Waals surface area contributed by atoms with Gasteiger partial charge in [-0.25, -0.2) is 4.79 Å². The molecule has 0 unspecified atom stereocenters. The zero-order valence-corrected chi connectivity index (χ0v) is 19.6. The quantitative estimate of drug-likeness (QED) is 0.0654. The Morgan fingerprint density at radius 2 is 1.91 bits per heavy atom. The average molecular weight is 497 g/mol. The number of carboxylic acid groups (broad SMARTS) is 1. The number of nitrogens with one attached hydrogen (secondary N) is 4. The topological polar surface area (TPSA) is 200 Å². The van der Waals surface area contributed by atoms with E-state index in [9.17, 15) is 19.2 Å². The van der Waals surface area contributed by atoms with E-state index < -0.39 is 29.6 Å². The predicted octanol–water partition coefficient (Wildman–Crippen LogP) is -0.496. The van der Waals surface area contributed by atoms with Crippen LogP contribution in [0.4, 0.5) is 0 Å². The minimum atomic E-state index is -1.05. The van der Waals surface area contributed by atoms with Crippen LogP contribution in [-0.4, -0.2) is 71.6 Å². The van der Waals surface area contributed by atoms with Gasteiger partial charge in [0.2, 0.25) is 17.5 Å². The van der Waals surface area contributed by atoms with E-state index in [1.165, 1.54) is 0 Å². The summed E-state index contributed by atoms with van der Waals surface area (Å²) in [6.45, 7) is 1.20. The lowest BCUT2D eigenvalue weighted by Gasteiger charge is -2.17. The molecule has 9 N–H and O–H groups in total. The first-order valence-corrected chi connectivity index (χ1v) is 11.5. The second-order valence-electron chi connectivity index (χ2n) is 7.75. The van der Waals surface area contributed by atoms with Crippen LogP contribution in [0.3, 0.4) is 0 Å². The Kier molecular flexibility index (Phi) is 13.4. The number of carboxylic acids is 1. The van der Waals surface area contributed by atoms with Gasteiger partial charge < -0.3 is 32.5 Å². The predicted molar refractivity (Wildman–Crippen MR) is 129 cm³/mol. The van der Waals surface area contributed by atoms with Crippen molar-refractivity contribution in [3.8, 4) is 0 Å². The summed E-state index contributed by atoms with van der Waals surface area (Å²) in [4.78, 5) is 45.2. The van der Waals surface area contributed by atoms with Gasteiger partial charge in [-0.05, 0) is 44.2 Å². The molecule has 0 spiro atoms. The Balaban J connectivity index is 0.000000350. The summed E-state index contributed by atoms with van der Waals surface area (Å²) in [5.41, 5.74) is 11.6. The monoisotopic (exact) mass is 496 g/mol. The number of amides is 1. The number of halogens is 1. The van der Waals surface area contributed by atoms with Crippen molar-refractivity contribution in [3.05, 3.63) is 35.9 Å². The molecule has 0 radical (unpaired) electrons. The number of hydrogen-bond acceptors (Lipinski definition) is 7.